The normalized spacial score (nSPS) is 13.4. The Bertz CT molecular complexity index is 286. The van der Waals surface area contributed by atoms with E-state index in [-0.39, 0.29) is 0 Å². The van der Waals surface area contributed by atoms with Crippen LogP contribution in [0, 0.1) is 0 Å². The number of hydrogen-bond acceptors (Lipinski definition) is 3. The maximum Gasteiger partial charge on any atom is 0.0701 e. The van der Waals surface area contributed by atoms with Crippen LogP contribution in [0.4, 0.5) is 0 Å². The summed E-state index contributed by atoms with van der Waals surface area (Å²) in [7, 11) is 2.16. The molecule has 0 aliphatic rings. The summed E-state index contributed by atoms with van der Waals surface area (Å²) in [4.78, 5) is 2.34. The molecule has 0 saturated heterocycles. The van der Waals surface area contributed by atoms with Crippen LogP contribution in [-0.2, 0) is 6.54 Å². The van der Waals surface area contributed by atoms with E-state index in [9.17, 15) is 0 Å². The minimum atomic E-state index is 0.327. The molecule has 4 heteroatoms. The summed E-state index contributed by atoms with van der Waals surface area (Å²) in [6.45, 7) is 4.21. The Morgan fingerprint density at radius 1 is 1.60 bits per heavy atom. The Morgan fingerprint density at radius 3 is 2.87 bits per heavy atom. The molecule has 0 radical (unpaired) electrons. The van der Waals surface area contributed by atoms with Crippen molar-refractivity contribution >= 4 is 27.3 Å². The summed E-state index contributed by atoms with van der Waals surface area (Å²) in [5.41, 5.74) is 7.10. The number of halogens is 1. The van der Waals surface area contributed by atoms with Crippen molar-refractivity contribution in [3.8, 4) is 0 Å². The number of nitrogens with zero attached hydrogens (tertiary/aromatic N) is 1. The molecule has 1 aromatic rings. The van der Waals surface area contributed by atoms with E-state index in [1.807, 2.05) is 0 Å². The quantitative estimate of drug-likeness (QED) is 0.872. The molecule has 0 aromatic carbocycles. The topological polar surface area (TPSA) is 29.3 Å². The lowest BCUT2D eigenvalue weighted by molar-refractivity contribution is 0.315. The maximum absolute atomic E-state index is 5.71. The lowest BCUT2D eigenvalue weighted by Gasteiger charge is -2.16. The van der Waals surface area contributed by atoms with Gasteiger partial charge in [0, 0.05) is 12.6 Å². The van der Waals surface area contributed by atoms with Crippen LogP contribution >= 0.6 is 27.3 Å². The highest BCUT2D eigenvalue weighted by atomic mass is 79.9. The smallest absolute Gasteiger partial charge is 0.0701 e. The molecule has 1 unspecified atom stereocenters. The Balaban J connectivity index is 2.21. The molecule has 15 heavy (non-hydrogen) atoms. The van der Waals surface area contributed by atoms with Crippen molar-refractivity contribution in [2.45, 2.75) is 32.4 Å². The first-order valence-corrected chi connectivity index (χ1v) is 6.92. The van der Waals surface area contributed by atoms with E-state index in [4.69, 9.17) is 5.73 Å². The van der Waals surface area contributed by atoms with E-state index >= 15 is 0 Å². The second-order valence-electron chi connectivity index (χ2n) is 4.12. The summed E-state index contributed by atoms with van der Waals surface area (Å²) >= 11 is 5.22. The average Bonchev–Trinajstić information content (AvgIpc) is 2.50. The first-order chi connectivity index (χ1) is 7.08. The zero-order valence-corrected chi connectivity index (χ0v) is 11.8. The van der Waals surface area contributed by atoms with Crippen LogP contribution in [-0.4, -0.2) is 24.5 Å². The van der Waals surface area contributed by atoms with E-state index in [0.29, 0.717) is 6.04 Å². The molecule has 0 fully saturated rings. The van der Waals surface area contributed by atoms with Gasteiger partial charge in [0.25, 0.3) is 0 Å². The predicted octanol–water partition coefficient (Wildman–Crippen LogP) is 3.07. The molecule has 0 spiro atoms. The van der Waals surface area contributed by atoms with Crippen LogP contribution in [0.2, 0.25) is 0 Å². The van der Waals surface area contributed by atoms with Crippen LogP contribution in [0.3, 0.4) is 0 Å². The van der Waals surface area contributed by atoms with Gasteiger partial charge >= 0.3 is 0 Å². The predicted molar refractivity (Wildman–Crippen MR) is 71.2 cm³/mol. The van der Waals surface area contributed by atoms with Gasteiger partial charge in [0.15, 0.2) is 0 Å². The number of hydrogen-bond donors (Lipinski definition) is 1. The van der Waals surface area contributed by atoms with Gasteiger partial charge in [-0.05, 0) is 66.3 Å². The Hall–Kier alpha value is 0.100. The van der Waals surface area contributed by atoms with Gasteiger partial charge in [0.2, 0.25) is 0 Å². The van der Waals surface area contributed by atoms with Gasteiger partial charge in [-0.15, -0.1) is 11.3 Å². The highest BCUT2D eigenvalue weighted by Gasteiger charge is 2.03. The van der Waals surface area contributed by atoms with Gasteiger partial charge in [0.05, 0.1) is 3.79 Å². The molecule has 0 amide bonds. The standard InChI is InChI=1S/C11H19BrN2S/c1-9(13)4-3-5-14(2)7-10-6-11(12)15-8-10/h6,8-9H,3-5,7,13H2,1-2H3. The van der Waals surface area contributed by atoms with E-state index < -0.39 is 0 Å². The van der Waals surface area contributed by atoms with Crippen molar-refractivity contribution in [1.29, 1.82) is 0 Å². The second kappa shape index (κ2) is 6.63. The van der Waals surface area contributed by atoms with Gasteiger partial charge < -0.3 is 10.6 Å². The minimum absolute atomic E-state index is 0.327. The van der Waals surface area contributed by atoms with Gasteiger partial charge in [-0.25, -0.2) is 0 Å². The van der Waals surface area contributed by atoms with Crippen LogP contribution in [0.25, 0.3) is 0 Å². The van der Waals surface area contributed by atoms with E-state index in [1.165, 1.54) is 15.8 Å². The maximum atomic E-state index is 5.71. The third-order valence-corrected chi connectivity index (χ3v) is 3.83. The van der Waals surface area contributed by atoms with Crippen molar-refractivity contribution < 1.29 is 0 Å². The first-order valence-electron chi connectivity index (χ1n) is 5.25. The molecule has 0 aliphatic carbocycles. The average molecular weight is 291 g/mol. The summed E-state index contributed by atoms with van der Waals surface area (Å²) < 4.78 is 1.21. The molecule has 1 rings (SSSR count). The number of nitrogens with two attached hydrogens (primary N) is 1. The van der Waals surface area contributed by atoms with Crippen LogP contribution < -0.4 is 5.73 Å². The van der Waals surface area contributed by atoms with Gasteiger partial charge in [-0.3, -0.25) is 0 Å². The lowest BCUT2D eigenvalue weighted by atomic mass is 10.2. The Labute approximate surface area is 105 Å². The zero-order valence-electron chi connectivity index (χ0n) is 9.37. The fourth-order valence-corrected chi connectivity index (χ4v) is 2.70. The third-order valence-electron chi connectivity index (χ3n) is 2.27. The fraction of sp³-hybridized carbons (Fsp3) is 0.636. The van der Waals surface area contributed by atoms with Crippen molar-refractivity contribution in [2.24, 2.45) is 5.73 Å². The lowest BCUT2D eigenvalue weighted by Crippen LogP contribution is -2.22. The molecular weight excluding hydrogens is 272 g/mol. The van der Waals surface area contributed by atoms with Crippen molar-refractivity contribution in [2.75, 3.05) is 13.6 Å². The minimum Gasteiger partial charge on any atom is -0.328 e. The second-order valence-corrected chi connectivity index (χ2v) is 6.41. The zero-order chi connectivity index (χ0) is 11.3. The molecule has 2 N–H and O–H groups in total. The SMILES string of the molecule is CC(N)CCCN(C)Cc1csc(Br)c1. The molecule has 0 bridgehead atoms. The largest absolute Gasteiger partial charge is 0.328 e. The molecule has 2 nitrogen and oxygen atoms in total. The van der Waals surface area contributed by atoms with Crippen LogP contribution in [0.1, 0.15) is 25.3 Å². The summed E-state index contributed by atoms with van der Waals surface area (Å²) in [6, 6.07) is 2.51. The molecule has 1 atom stereocenters. The number of thiophene rings is 1. The first kappa shape index (κ1) is 13.2. The summed E-state index contributed by atoms with van der Waals surface area (Å²) in [6.07, 6.45) is 2.29. The van der Waals surface area contributed by atoms with E-state index in [2.05, 4.69) is 46.2 Å². The van der Waals surface area contributed by atoms with Gasteiger partial charge in [-0.1, -0.05) is 0 Å². The molecule has 86 valence electrons. The Kier molecular flexibility index (Phi) is 5.82. The molecular formula is C11H19BrN2S. The molecule has 1 aromatic heterocycles. The van der Waals surface area contributed by atoms with Crippen molar-refractivity contribution in [3.63, 3.8) is 0 Å². The van der Waals surface area contributed by atoms with Crippen LogP contribution in [0.5, 0.6) is 0 Å². The van der Waals surface area contributed by atoms with Crippen LogP contribution in [0.15, 0.2) is 15.2 Å². The highest BCUT2D eigenvalue weighted by molar-refractivity contribution is 9.11. The van der Waals surface area contributed by atoms with E-state index in [0.717, 1.165) is 19.5 Å². The van der Waals surface area contributed by atoms with Gasteiger partial charge in [-0.2, -0.15) is 0 Å². The van der Waals surface area contributed by atoms with E-state index in [1.54, 1.807) is 11.3 Å². The highest BCUT2D eigenvalue weighted by Crippen LogP contribution is 2.21. The fourth-order valence-electron chi connectivity index (χ4n) is 1.50. The van der Waals surface area contributed by atoms with Crippen molar-refractivity contribution in [3.05, 3.63) is 20.8 Å². The summed E-state index contributed by atoms with van der Waals surface area (Å²) in [5.74, 6) is 0. The Morgan fingerprint density at radius 2 is 2.33 bits per heavy atom. The molecule has 1 heterocycles. The third kappa shape index (κ3) is 5.66. The monoisotopic (exact) mass is 290 g/mol. The number of rotatable bonds is 6. The van der Waals surface area contributed by atoms with Crippen molar-refractivity contribution in [1.82, 2.24) is 4.90 Å². The molecule has 0 saturated carbocycles. The molecule has 0 aliphatic heterocycles. The van der Waals surface area contributed by atoms with Gasteiger partial charge in [0.1, 0.15) is 0 Å². The summed E-state index contributed by atoms with van der Waals surface area (Å²) in [5, 5.41) is 2.20.